The molecule has 0 saturated carbocycles. The minimum atomic E-state index is 0.153. The van der Waals surface area contributed by atoms with Crippen LogP contribution in [0, 0.1) is 5.92 Å². The molecule has 0 heterocycles. The van der Waals surface area contributed by atoms with Gasteiger partial charge in [0.05, 0.1) is 6.54 Å². The van der Waals surface area contributed by atoms with E-state index in [9.17, 15) is 4.79 Å². The first-order valence-corrected chi connectivity index (χ1v) is 2.95. The van der Waals surface area contributed by atoms with Crippen LogP contribution in [-0.4, -0.2) is 12.3 Å². The average molecular weight is 115 g/mol. The first-order chi connectivity index (χ1) is 3.72. The quantitative estimate of drug-likeness (QED) is 0.584. The highest BCUT2D eigenvalue weighted by atomic mass is 16.1. The Balaban J connectivity index is 3.46. The summed E-state index contributed by atoms with van der Waals surface area (Å²) in [4.78, 5) is 10.6. The maximum atomic E-state index is 10.6. The molecule has 1 atom stereocenters. The molecule has 0 unspecified atom stereocenters. The van der Waals surface area contributed by atoms with Gasteiger partial charge in [-0.3, -0.25) is 4.79 Å². The third kappa shape index (κ3) is 2.07. The molecule has 0 bridgehead atoms. The third-order valence-corrected chi connectivity index (χ3v) is 1.36. The Morgan fingerprint density at radius 2 is 2.25 bits per heavy atom. The van der Waals surface area contributed by atoms with Crippen molar-refractivity contribution in [3.05, 3.63) is 0 Å². The van der Waals surface area contributed by atoms with Gasteiger partial charge in [0.15, 0.2) is 0 Å². The number of Topliss-reactive ketones (excluding diaryl/α,β-unsaturated/α-hetero) is 1. The second kappa shape index (κ2) is 3.61. The summed E-state index contributed by atoms with van der Waals surface area (Å²) in [6.07, 6.45) is 0.899. The molecule has 8 heavy (non-hydrogen) atoms. The van der Waals surface area contributed by atoms with Crippen LogP contribution in [0.5, 0.6) is 0 Å². The first-order valence-electron chi connectivity index (χ1n) is 2.95. The van der Waals surface area contributed by atoms with E-state index in [2.05, 4.69) is 0 Å². The highest BCUT2D eigenvalue weighted by Gasteiger charge is 2.06. The summed E-state index contributed by atoms with van der Waals surface area (Å²) in [6, 6.07) is 0. The second-order valence-electron chi connectivity index (χ2n) is 1.98. The van der Waals surface area contributed by atoms with Crippen molar-refractivity contribution in [2.24, 2.45) is 11.7 Å². The fourth-order valence-corrected chi connectivity index (χ4v) is 0.429. The average Bonchev–Trinajstić information content (AvgIpc) is 1.84. The van der Waals surface area contributed by atoms with E-state index in [1.54, 1.807) is 0 Å². The van der Waals surface area contributed by atoms with E-state index in [1.165, 1.54) is 0 Å². The van der Waals surface area contributed by atoms with E-state index < -0.39 is 0 Å². The number of carbonyl (C=O) groups is 1. The normalized spacial score (nSPS) is 13.4. The smallest absolute Gasteiger partial charge is 0.149 e. The second-order valence-corrected chi connectivity index (χ2v) is 1.98. The van der Waals surface area contributed by atoms with E-state index in [0.29, 0.717) is 0 Å². The predicted molar refractivity (Wildman–Crippen MR) is 33.5 cm³/mol. The van der Waals surface area contributed by atoms with Crippen LogP contribution in [0.15, 0.2) is 0 Å². The molecule has 0 aromatic heterocycles. The summed E-state index contributed by atoms with van der Waals surface area (Å²) in [5.74, 6) is 0.312. The Bertz CT molecular complexity index is 80.6. The van der Waals surface area contributed by atoms with E-state index in [4.69, 9.17) is 5.73 Å². The zero-order valence-electron chi connectivity index (χ0n) is 5.48. The monoisotopic (exact) mass is 115 g/mol. The lowest BCUT2D eigenvalue weighted by Gasteiger charge is -2.01. The third-order valence-electron chi connectivity index (χ3n) is 1.36. The molecule has 0 amide bonds. The van der Waals surface area contributed by atoms with Gasteiger partial charge in [0.1, 0.15) is 5.78 Å². The molecule has 48 valence electrons. The fraction of sp³-hybridized carbons (Fsp3) is 0.833. The highest BCUT2D eigenvalue weighted by molar-refractivity contribution is 5.82. The lowest BCUT2D eigenvalue weighted by molar-refractivity contribution is -0.121. The van der Waals surface area contributed by atoms with Gasteiger partial charge in [-0.15, -0.1) is 0 Å². The zero-order valence-corrected chi connectivity index (χ0v) is 5.48. The molecular formula is C6H13NO. The molecule has 2 heteroatoms. The van der Waals surface area contributed by atoms with Crippen LogP contribution < -0.4 is 5.73 Å². The lowest BCUT2D eigenvalue weighted by Crippen LogP contribution is -2.20. The van der Waals surface area contributed by atoms with Crippen molar-refractivity contribution in [3.63, 3.8) is 0 Å². The Labute approximate surface area is 50.1 Å². The summed E-state index contributed by atoms with van der Waals surface area (Å²) in [7, 11) is 0. The van der Waals surface area contributed by atoms with Crippen LogP contribution in [0.1, 0.15) is 20.3 Å². The van der Waals surface area contributed by atoms with Crippen LogP contribution in [0.25, 0.3) is 0 Å². The maximum Gasteiger partial charge on any atom is 0.149 e. The Hall–Kier alpha value is -0.370. The minimum absolute atomic E-state index is 0.153. The van der Waals surface area contributed by atoms with Crippen LogP contribution >= 0.6 is 0 Å². The molecule has 0 aromatic carbocycles. The van der Waals surface area contributed by atoms with Crippen LogP contribution in [-0.2, 0) is 4.79 Å². The van der Waals surface area contributed by atoms with Gasteiger partial charge in [-0.25, -0.2) is 0 Å². The predicted octanol–water partition coefficient (Wildman–Crippen LogP) is 0.560. The SMILES string of the molecule is CC[C@H](C)C(=O)CN. The minimum Gasteiger partial charge on any atom is -0.324 e. The van der Waals surface area contributed by atoms with Gasteiger partial charge < -0.3 is 5.73 Å². The standard InChI is InChI=1S/C6H13NO/c1-3-5(2)6(8)4-7/h5H,3-4,7H2,1-2H3/t5-/m0/s1. The number of hydrogen-bond donors (Lipinski definition) is 1. The van der Waals surface area contributed by atoms with Gasteiger partial charge in [-0.05, 0) is 6.42 Å². The number of rotatable bonds is 3. The van der Waals surface area contributed by atoms with Crippen molar-refractivity contribution in [2.75, 3.05) is 6.54 Å². The maximum absolute atomic E-state index is 10.6. The van der Waals surface area contributed by atoms with Crippen molar-refractivity contribution < 1.29 is 4.79 Å². The van der Waals surface area contributed by atoms with Crippen molar-refractivity contribution in [1.82, 2.24) is 0 Å². The topological polar surface area (TPSA) is 43.1 Å². The van der Waals surface area contributed by atoms with Crippen LogP contribution in [0.2, 0.25) is 0 Å². The van der Waals surface area contributed by atoms with Gasteiger partial charge in [-0.2, -0.15) is 0 Å². The van der Waals surface area contributed by atoms with Crippen molar-refractivity contribution in [3.8, 4) is 0 Å². The molecule has 0 aliphatic carbocycles. The van der Waals surface area contributed by atoms with Gasteiger partial charge >= 0.3 is 0 Å². The molecule has 0 radical (unpaired) electrons. The molecule has 0 aromatic rings. The van der Waals surface area contributed by atoms with Gasteiger partial charge in [0, 0.05) is 5.92 Å². The van der Waals surface area contributed by atoms with Gasteiger partial charge in [-0.1, -0.05) is 13.8 Å². The number of hydrogen-bond acceptors (Lipinski definition) is 2. The summed E-state index contributed by atoms with van der Waals surface area (Å²) in [5.41, 5.74) is 5.10. The van der Waals surface area contributed by atoms with Crippen LogP contribution in [0.3, 0.4) is 0 Å². The van der Waals surface area contributed by atoms with Crippen molar-refractivity contribution in [1.29, 1.82) is 0 Å². The molecular weight excluding hydrogens is 102 g/mol. The van der Waals surface area contributed by atoms with E-state index in [-0.39, 0.29) is 18.2 Å². The summed E-state index contributed by atoms with van der Waals surface area (Å²) in [6.45, 7) is 4.07. The first kappa shape index (κ1) is 7.63. The summed E-state index contributed by atoms with van der Waals surface area (Å²) in [5, 5.41) is 0. The molecule has 2 N–H and O–H groups in total. The van der Waals surface area contributed by atoms with Crippen molar-refractivity contribution >= 4 is 5.78 Å². The molecule has 0 saturated heterocycles. The van der Waals surface area contributed by atoms with E-state index in [0.717, 1.165) is 6.42 Å². The Morgan fingerprint density at radius 3 is 2.38 bits per heavy atom. The Kier molecular flexibility index (Phi) is 3.44. The Morgan fingerprint density at radius 1 is 1.75 bits per heavy atom. The zero-order chi connectivity index (χ0) is 6.57. The summed E-state index contributed by atoms with van der Waals surface area (Å²) < 4.78 is 0. The largest absolute Gasteiger partial charge is 0.324 e. The number of nitrogens with two attached hydrogens (primary N) is 1. The fourth-order valence-electron chi connectivity index (χ4n) is 0.429. The number of ketones is 1. The molecule has 0 aliphatic heterocycles. The highest BCUT2D eigenvalue weighted by Crippen LogP contribution is 1.99. The lowest BCUT2D eigenvalue weighted by atomic mass is 10.0. The molecule has 2 nitrogen and oxygen atoms in total. The van der Waals surface area contributed by atoms with Gasteiger partial charge in [0.25, 0.3) is 0 Å². The number of carbonyl (C=O) groups excluding carboxylic acids is 1. The van der Waals surface area contributed by atoms with Crippen LogP contribution in [0.4, 0.5) is 0 Å². The molecule has 0 rings (SSSR count). The van der Waals surface area contributed by atoms with E-state index in [1.807, 2.05) is 13.8 Å². The molecule has 0 aliphatic rings. The summed E-state index contributed by atoms with van der Waals surface area (Å²) >= 11 is 0. The van der Waals surface area contributed by atoms with E-state index >= 15 is 0 Å². The molecule has 0 spiro atoms. The van der Waals surface area contributed by atoms with Gasteiger partial charge in [0.2, 0.25) is 0 Å². The van der Waals surface area contributed by atoms with Crippen molar-refractivity contribution in [2.45, 2.75) is 20.3 Å². The molecule has 0 fully saturated rings.